The van der Waals surface area contributed by atoms with E-state index in [4.69, 9.17) is 16.3 Å². The van der Waals surface area contributed by atoms with Crippen molar-refractivity contribution in [3.8, 4) is 5.75 Å². The fourth-order valence-electron chi connectivity index (χ4n) is 2.55. The number of benzene rings is 2. The highest BCUT2D eigenvalue weighted by Gasteiger charge is 2.13. The maximum atomic E-state index is 10.2. The molecule has 1 aromatic heterocycles. The maximum Gasteiger partial charge on any atom is 0.120 e. The van der Waals surface area contributed by atoms with Gasteiger partial charge in [-0.05, 0) is 36.8 Å². The second kappa shape index (κ2) is 6.60. The average Bonchev–Trinajstić information content (AvgIpc) is 2.80. The van der Waals surface area contributed by atoms with Gasteiger partial charge in [0.1, 0.15) is 18.5 Å². The van der Waals surface area contributed by atoms with Gasteiger partial charge < -0.3 is 9.84 Å². The van der Waals surface area contributed by atoms with Crippen molar-refractivity contribution in [2.45, 2.75) is 26.5 Å². The van der Waals surface area contributed by atoms with Crippen LogP contribution in [0.4, 0.5) is 0 Å². The van der Waals surface area contributed by atoms with E-state index in [2.05, 4.69) is 11.2 Å². The lowest BCUT2D eigenvalue weighted by Gasteiger charge is -2.14. The Labute approximate surface area is 140 Å². The summed E-state index contributed by atoms with van der Waals surface area (Å²) in [5.74, 6) is 0.745. The highest BCUT2D eigenvalue weighted by atomic mass is 35.5. The van der Waals surface area contributed by atoms with E-state index < -0.39 is 6.10 Å². The molecule has 0 fully saturated rings. The summed E-state index contributed by atoms with van der Waals surface area (Å²) in [5, 5.41) is 17.4. The van der Waals surface area contributed by atoms with Crippen molar-refractivity contribution in [1.29, 1.82) is 0 Å². The maximum absolute atomic E-state index is 10.2. The molecule has 0 saturated heterocycles. The number of aliphatic hydroxyl groups excluding tert-OH is 1. The Morgan fingerprint density at radius 3 is 2.61 bits per heavy atom. The molecule has 3 rings (SSSR count). The molecule has 3 aromatic rings. The normalized spacial score (nSPS) is 12.5. The number of nitrogens with zero attached hydrogens (tertiary/aromatic N) is 2. The van der Waals surface area contributed by atoms with Crippen LogP contribution in [-0.4, -0.2) is 27.6 Å². The van der Waals surface area contributed by atoms with Crippen molar-refractivity contribution >= 4 is 22.4 Å². The number of ether oxygens (including phenoxy) is 1. The van der Waals surface area contributed by atoms with Crippen LogP contribution in [0.15, 0.2) is 42.5 Å². The van der Waals surface area contributed by atoms with Gasteiger partial charge in [0.25, 0.3) is 0 Å². The molecule has 0 unspecified atom stereocenters. The van der Waals surface area contributed by atoms with E-state index in [9.17, 15) is 5.11 Å². The number of hydrogen-bond donors (Lipinski definition) is 1. The van der Waals surface area contributed by atoms with Gasteiger partial charge in [0.15, 0.2) is 0 Å². The second-order valence-electron chi connectivity index (χ2n) is 5.64. The lowest BCUT2D eigenvalue weighted by atomic mass is 10.1. The molecule has 0 saturated carbocycles. The van der Waals surface area contributed by atoms with E-state index in [-0.39, 0.29) is 6.61 Å². The van der Waals surface area contributed by atoms with Gasteiger partial charge in [-0.15, -0.1) is 0 Å². The van der Waals surface area contributed by atoms with Crippen molar-refractivity contribution in [3.63, 3.8) is 0 Å². The third kappa shape index (κ3) is 3.49. The number of aliphatic hydroxyl groups is 1. The zero-order valence-electron chi connectivity index (χ0n) is 13.2. The van der Waals surface area contributed by atoms with Gasteiger partial charge in [-0.3, -0.25) is 4.68 Å². The summed E-state index contributed by atoms with van der Waals surface area (Å²) in [7, 11) is 0. The lowest BCUT2D eigenvalue weighted by molar-refractivity contribution is 0.0888. The Kier molecular flexibility index (Phi) is 4.55. The van der Waals surface area contributed by atoms with Gasteiger partial charge in [-0.2, -0.15) is 5.10 Å². The number of fused-ring (bicyclic) bond motifs is 1. The highest BCUT2D eigenvalue weighted by molar-refractivity contribution is 6.31. The largest absolute Gasteiger partial charge is 0.491 e. The fraction of sp³-hybridized carbons (Fsp3) is 0.278. The summed E-state index contributed by atoms with van der Waals surface area (Å²) in [6, 6.07) is 14.0. The quantitative estimate of drug-likeness (QED) is 0.775. The summed E-state index contributed by atoms with van der Waals surface area (Å²) < 4.78 is 7.42. The number of rotatable bonds is 5. The van der Waals surface area contributed by atoms with Crippen molar-refractivity contribution in [2.24, 2.45) is 0 Å². The smallest absolute Gasteiger partial charge is 0.120 e. The third-order valence-corrected chi connectivity index (χ3v) is 4.39. The van der Waals surface area contributed by atoms with Gasteiger partial charge in [0.05, 0.1) is 23.0 Å². The van der Waals surface area contributed by atoms with Gasteiger partial charge in [-0.1, -0.05) is 41.9 Å². The van der Waals surface area contributed by atoms with Crippen LogP contribution >= 0.6 is 11.6 Å². The van der Waals surface area contributed by atoms with Crippen molar-refractivity contribution in [1.82, 2.24) is 9.78 Å². The molecule has 0 spiro atoms. The molecular weight excluding hydrogens is 312 g/mol. The minimum absolute atomic E-state index is 0.203. The zero-order valence-corrected chi connectivity index (χ0v) is 13.9. The summed E-state index contributed by atoms with van der Waals surface area (Å²) in [5.41, 5.74) is 1.63. The van der Waals surface area contributed by atoms with Crippen LogP contribution in [0.25, 0.3) is 10.8 Å². The molecule has 1 heterocycles. The topological polar surface area (TPSA) is 47.3 Å². The first-order valence-electron chi connectivity index (χ1n) is 7.54. The predicted molar refractivity (Wildman–Crippen MR) is 92.2 cm³/mol. The molecule has 0 aliphatic rings. The van der Waals surface area contributed by atoms with Gasteiger partial charge >= 0.3 is 0 Å². The lowest BCUT2D eigenvalue weighted by Crippen LogP contribution is -2.24. The Balaban J connectivity index is 1.63. The SMILES string of the molecule is Cc1nn(C[C@@H](O)COc2ccc3ccccc3c2)c(C)c1Cl. The third-order valence-electron chi connectivity index (χ3n) is 3.84. The van der Waals surface area contributed by atoms with E-state index in [1.165, 1.54) is 0 Å². The molecule has 4 nitrogen and oxygen atoms in total. The molecule has 0 amide bonds. The summed E-state index contributed by atoms with van der Waals surface area (Å²) in [6.07, 6.45) is -0.657. The Bertz CT molecular complexity index is 829. The first-order chi connectivity index (χ1) is 11.0. The van der Waals surface area contributed by atoms with Crippen LogP contribution in [0, 0.1) is 13.8 Å². The molecule has 5 heteroatoms. The van der Waals surface area contributed by atoms with E-state index in [1.807, 2.05) is 50.2 Å². The molecule has 0 aliphatic heterocycles. The molecular formula is C18H19ClN2O2. The van der Waals surface area contributed by atoms with Gasteiger partial charge in [0, 0.05) is 0 Å². The first-order valence-corrected chi connectivity index (χ1v) is 7.91. The van der Waals surface area contributed by atoms with Crippen LogP contribution in [0.5, 0.6) is 5.75 Å². The van der Waals surface area contributed by atoms with Crippen LogP contribution in [0.3, 0.4) is 0 Å². The molecule has 2 aromatic carbocycles. The number of aryl methyl sites for hydroxylation is 1. The van der Waals surface area contributed by atoms with E-state index >= 15 is 0 Å². The predicted octanol–water partition coefficient (Wildman–Crippen LogP) is 3.75. The van der Waals surface area contributed by atoms with Crippen LogP contribution < -0.4 is 4.74 Å². The second-order valence-corrected chi connectivity index (χ2v) is 6.02. The first kappa shape index (κ1) is 15.8. The average molecular weight is 331 g/mol. The molecule has 0 bridgehead atoms. The minimum Gasteiger partial charge on any atom is -0.491 e. The Morgan fingerprint density at radius 2 is 1.91 bits per heavy atom. The van der Waals surface area contributed by atoms with Crippen molar-refractivity contribution in [2.75, 3.05) is 6.61 Å². The minimum atomic E-state index is -0.657. The molecule has 1 atom stereocenters. The fourth-order valence-corrected chi connectivity index (χ4v) is 2.69. The highest BCUT2D eigenvalue weighted by Crippen LogP contribution is 2.21. The van der Waals surface area contributed by atoms with Crippen LogP contribution in [0.2, 0.25) is 5.02 Å². The molecule has 120 valence electrons. The monoisotopic (exact) mass is 330 g/mol. The zero-order chi connectivity index (χ0) is 16.4. The standard InChI is InChI=1S/C18H19ClN2O2/c1-12-18(19)13(2)21(20-12)10-16(22)11-23-17-8-7-14-5-3-4-6-15(14)9-17/h3-9,16,22H,10-11H2,1-2H3/t16-/m1/s1. The van der Waals surface area contributed by atoms with Gasteiger partial charge in [-0.25, -0.2) is 0 Å². The van der Waals surface area contributed by atoms with E-state index in [0.29, 0.717) is 11.6 Å². The van der Waals surface area contributed by atoms with Crippen LogP contribution in [-0.2, 0) is 6.54 Å². The number of hydrogen-bond acceptors (Lipinski definition) is 3. The Hall–Kier alpha value is -2.04. The summed E-state index contributed by atoms with van der Waals surface area (Å²) in [4.78, 5) is 0. The summed E-state index contributed by atoms with van der Waals surface area (Å²) in [6.45, 7) is 4.30. The number of aromatic nitrogens is 2. The van der Waals surface area contributed by atoms with E-state index in [0.717, 1.165) is 27.9 Å². The number of halogens is 1. The van der Waals surface area contributed by atoms with Gasteiger partial charge in [0.2, 0.25) is 0 Å². The molecule has 0 radical (unpaired) electrons. The van der Waals surface area contributed by atoms with Crippen molar-refractivity contribution in [3.05, 3.63) is 58.9 Å². The molecule has 23 heavy (non-hydrogen) atoms. The summed E-state index contributed by atoms with van der Waals surface area (Å²) >= 11 is 6.11. The molecule has 1 N–H and O–H groups in total. The van der Waals surface area contributed by atoms with E-state index in [1.54, 1.807) is 4.68 Å². The molecule has 0 aliphatic carbocycles. The van der Waals surface area contributed by atoms with Crippen molar-refractivity contribution < 1.29 is 9.84 Å². The van der Waals surface area contributed by atoms with Crippen LogP contribution in [0.1, 0.15) is 11.4 Å². The Morgan fingerprint density at radius 1 is 1.17 bits per heavy atom.